The summed E-state index contributed by atoms with van der Waals surface area (Å²) in [6.07, 6.45) is 0.436. The average Bonchev–Trinajstić information content (AvgIpc) is 2.52. The molecule has 6 nitrogen and oxygen atoms in total. The van der Waals surface area contributed by atoms with Crippen LogP contribution in [0.5, 0.6) is 11.5 Å². The van der Waals surface area contributed by atoms with Gasteiger partial charge in [0.2, 0.25) is 5.91 Å². The van der Waals surface area contributed by atoms with Crippen LogP contribution in [0.3, 0.4) is 0 Å². The summed E-state index contributed by atoms with van der Waals surface area (Å²) in [6, 6.07) is 5.33. The summed E-state index contributed by atoms with van der Waals surface area (Å²) in [7, 11) is 3.16. The van der Waals surface area contributed by atoms with Crippen LogP contribution in [0.1, 0.15) is 20.3 Å². The van der Waals surface area contributed by atoms with Crippen molar-refractivity contribution in [1.29, 1.82) is 0 Å². The molecule has 0 aliphatic carbocycles. The van der Waals surface area contributed by atoms with Gasteiger partial charge in [0.1, 0.15) is 11.5 Å². The van der Waals surface area contributed by atoms with E-state index in [2.05, 4.69) is 24.1 Å². The molecule has 0 aromatic heterocycles. The third-order valence-corrected chi connectivity index (χ3v) is 3.84. The fourth-order valence-corrected chi connectivity index (χ4v) is 2.68. The first kappa shape index (κ1) is 17.6. The minimum absolute atomic E-state index is 0.0298. The Bertz CT molecular complexity index is 545. The van der Waals surface area contributed by atoms with Crippen LogP contribution in [-0.4, -0.2) is 56.9 Å². The molecule has 2 rings (SSSR count). The zero-order valence-electron chi connectivity index (χ0n) is 14.3. The number of methoxy groups -OCH3 is 2. The van der Waals surface area contributed by atoms with Crippen LogP contribution in [0.4, 0.5) is 5.69 Å². The summed E-state index contributed by atoms with van der Waals surface area (Å²) < 4.78 is 16.1. The number of benzene rings is 1. The third kappa shape index (κ3) is 5.11. The predicted octanol–water partition coefficient (Wildman–Crippen LogP) is 2.14. The Balaban J connectivity index is 1.87. The molecule has 1 fully saturated rings. The molecule has 0 bridgehead atoms. The zero-order valence-corrected chi connectivity index (χ0v) is 14.3. The first-order valence-electron chi connectivity index (χ1n) is 7.82. The van der Waals surface area contributed by atoms with Gasteiger partial charge in [0.15, 0.2) is 0 Å². The highest BCUT2D eigenvalue weighted by molar-refractivity contribution is 5.92. The van der Waals surface area contributed by atoms with E-state index in [0.717, 1.165) is 19.6 Å². The van der Waals surface area contributed by atoms with Gasteiger partial charge in [-0.05, 0) is 26.0 Å². The molecule has 1 saturated heterocycles. The molecule has 0 saturated carbocycles. The van der Waals surface area contributed by atoms with E-state index in [9.17, 15) is 4.79 Å². The molecule has 1 N–H and O–H groups in total. The summed E-state index contributed by atoms with van der Waals surface area (Å²) in [4.78, 5) is 14.4. The van der Waals surface area contributed by atoms with Crippen LogP contribution < -0.4 is 14.8 Å². The Morgan fingerprint density at radius 2 is 2.13 bits per heavy atom. The van der Waals surface area contributed by atoms with Crippen molar-refractivity contribution in [1.82, 2.24) is 4.90 Å². The second-order valence-electron chi connectivity index (χ2n) is 6.25. The van der Waals surface area contributed by atoms with Crippen LogP contribution >= 0.6 is 0 Å². The van der Waals surface area contributed by atoms with E-state index in [0.29, 0.717) is 30.2 Å². The Labute approximate surface area is 137 Å². The van der Waals surface area contributed by atoms with E-state index in [1.807, 2.05) is 0 Å². The summed E-state index contributed by atoms with van der Waals surface area (Å²) in [6.45, 7) is 7.27. The van der Waals surface area contributed by atoms with Gasteiger partial charge < -0.3 is 19.5 Å². The number of rotatable bonds is 6. The first-order chi connectivity index (χ1) is 10.9. The molecule has 1 aromatic carbocycles. The lowest BCUT2D eigenvalue weighted by molar-refractivity contribution is -0.118. The lowest BCUT2D eigenvalue weighted by Crippen LogP contribution is -2.48. The number of morpholine rings is 1. The number of nitrogens with one attached hydrogen (secondary N) is 1. The Hall–Kier alpha value is -1.79. The van der Waals surface area contributed by atoms with Gasteiger partial charge in [-0.15, -0.1) is 0 Å². The Kier molecular flexibility index (Phi) is 5.85. The van der Waals surface area contributed by atoms with Gasteiger partial charge in [-0.3, -0.25) is 9.69 Å². The van der Waals surface area contributed by atoms with Gasteiger partial charge in [0.25, 0.3) is 0 Å². The van der Waals surface area contributed by atoms with Crippen molar-refractivity contribution in [2.24, 2.45) is 0 Å². The van der Waals surface area contributed by atoms with E-state index in [1.54, 1.807) is 32.4 Å². The van der Waals surface area contributed by atoms with E-state index in [4.69, 9.17) is 14.2 Å². The number of amides is 1. The van der Waals surface area contributed by atoms with Gasteiger partial charge in [-0.2, -0.15) is 0 Å². The number of nitrogens with zero attached hydrogens (tertiary/aromatic N) is 1. The lowest BCUT2D eigenvalue weighted by Gasteiger charge is -2.38. The van der Waals surface area contributed by atoms with Gasteiger partial charge in [0, 0.05) is 32.1 Å². The summed E-state index contributed by atoms with van der Waals surface area (Å²) in [5.41, 5.74) is 0.508. The quantitative estimate of drug-likeness (QED) is 0.869. The second-order valence-corrected chi connectivity index (χ2v) is 6.25. The SMILES string of the molecule is COc1ccc(NC(=O)CCN2CCOC(C)(C)C2)c(OC)c1. The molecule has 1 aliphatic rings. The molecular formula is C17H26N2O4. The highest BCUT2D eigenvalue weighted by atomic mass is 16.5. The molecule has 0 unspecified atom stereocenters. The Morgan fingerprint density at radius 1 is 1.35 bits per heavy atom. The average molecular weight is 322 g/mol. The van der Waals surface area contributed by atoms with Gasteiger partial charge in [0.05, 0.1) is 32.1 Å². The van der Waals surface area contributed by atoms with Crippen LogP contribution in [0.2, 0.25) is 0 Å². The smallest absolute Gasteiger partial charge is 0.225 e. The molecule has 0 spiro atoms. The Morgan fingerprint density at radius 3 is 2.78 bits per heavy atom. The highest BCUT2D eigenvalue weighted by Gasteiger charge is 2.27. The van der Waals surface area contributed by atoms with E-state index < -0.39 is 0 Å². The molecule has 128 valence electrons. The maximum absolute atomic E-state index is 12.2. The maximum Gasteiger partial charge on any atom is 0.225 e. The molecule has 1 heterocycles. The van der Waals surface area contributed by atoms with Crippen molar-refractivity contribution in [2.75, 3.05) is 45.8 Å². The van der Waals surface area contributed by atoms with Crippen molar-refractivity contribution < 1.29 is 19.0 Å². The van der Waals surface area contributed by atoms with Crippen molar-refractivity contribution >= 4 is 11.6 Å². The summed E-state index contributed by atoms with van der Waals surface area (Å²) in [5, 5.41) is 2.90. The van der Waals surface area contributed by atoms with Crippen LogP contribution in [0, 0.1) is 0 Å². The van der Waals surface area contributed by atoms with Crippen molar-refractivity contribution in [3.63, 3.8) is 0 Å². The lowest BCUT2D eigenvalue weighted by atomic mass is 10.1. The topological polar surface area (TPSA) is 60.0 Å². The highest BCUT2D eigenvalue weighted by Crippen LogP contribution is 2.29. The van der Waals surface area contributed by atoms with Crippen molar-refractivity contribution in [2.45, 2.75) is 25.9 Å². The molecule has 0 atom stereocenters. The van der Waals surface area contributed by atoms with Gasteiger partial charge in [-0.1, -0.05) is 0 Å². The number of ether oxygens (including phenoxy) is 3. The molecule has 1 aromatic rings. The number of hydrogen-bond acceptors (Lipinski definition) is 5. The van der Waals surface area contributed by atoms with E-state index >= 15 is 0 Å². The number of carbonyl (C=O) groups is 1. The normalized spacial score (nSPS) is 17.6. The first-order valence-corrected chi connectivity index (χ1v) is 7.82. The molecule has 23 heavy (non-hydrogen) atoms. The van der Waals surface area contributed by atoms with Crippen LogP contribution in [0.15, 0.2) is 18.2 Å². The number of hydrogen-bond donors (Lipinski definition) is 1. The van der Waals surface area contributed by atoms with Crippen LogP contribution in [0.25, 0.3) is 0 Å². The third-order valence-electron chi connectivity index (χ3n) is 3.84. The molecular weight excluding hydrogens is 296 g/mol. The standard InChI is InChI=1S/C17H26N2O4/c1-17(2)12-19(9-10-23-17)8-7-16(20)18-14-6-5-13(21-3)11-15(14)22-4/h5-6,11H,7-10,12H2,1-4H3,(H,18,20). The summed E-state index contributed by atoms with van der Waals surface area (Å²) in [5.74, 6) is 1.25. The molecule has 0 radical (unpaired) electrons. The molecule has 1 aliphatic heterocycles. The van der Waals surface area contributed by atoms with Crippen molar-refractivity contribution in [3.05, 3.63) is 18.2 Å². The van der Waals surface area contributed by atoms with Gasteiger partial charge >= 0.3 is 0 Å². The zero-order chi connectivity index (χ0) is 16.9. The second kappa shape index (κ2) is 7.66. The van der Waals surface area contributed by atoms with E-state index in [1.165, 1.54) is 0 Å². The van der Waals surface area contributed by atoms with E-state index in [-0.39, 0.29) is 11.5 Å². The number of carbonyl (C=O) groups excluding carboxylic acids is 1. The van der Waals surface area contributed by atoms with Crippen molar-refractivity contribution in [3.8, 4) is 11.5 Å². The fraction of sp³-hybridized carbons (Fsp3) is 0.588. The molecule has 6 heteroatoms. The minimum Gasteiger partial charge on any atom is -0.497 e. The minimum atomic E-state index is -0.145. The fourth-order valence-electron chi connectivity index (χ4n) is 2.68. The van der Waals surface area contributed by atoms with Gasteiger partial charge in [-0.25, -0.2) is 0 Å². The molecule has 1 amide bonds. The summed E-state index contributed by atoms with van der Waals surface area (Å²) >= 11 is 0. The largest absolute Gasteiger partial charge is 0.497 e. The number of anilines is 1. The van der Waals surface area contributed by atoms with Crippen LogP contribution in [-0.2, 0) is 9.53 Å². The monoisotopic (exact) mass is 322 g/mol. The maximum atomic E-state index is 12.2. The predicted molar refractivity (Wildman–Crippen MR) is 89.3 cm³/mol.